The number of nitrogens with zero attached hydrogens (tertiary/aromatic N) is 3. The summed E-state index contributed by atoms with van der Waals surface area (Å²) in [6.45, 7) is 2.01. The van der Waals surface area contributed by atoms with Gasteiger partial charge < -0.3 is 9.90 Å². The van der Waals surface area contributed by atoms with E-state index in [0.29, 0.717) is 0 Å². The Kier molecular flexibility index (Phi) is 2.52. The first-order valence-corrected chi connectivity index (χ1v) is 5.78. The number of aromatic nitrogens is 3. The number of carbonyl (C=O) groups excluding carboxylic acids is 1. The third-order valence-electron chi connectivity index (χ3n) is 2.97. The van der Waals surface area contributed by atoms with Gasteiger partial charge in [-0.3, -0.25) is 0 Å². The molecule has 0 spiro atoms. The fourth-order valence-corrected chi connectivity index (χ4v) is 1.98. The van der Waals surface area contributed by atoms with Gasteiger partial charge in [0.05, 0.1) is 23.4 Å². The molecule has 0 aliphatic carbocycles. The summed E-state index contributed by atoms with van der Waals surface area (Å²) in [7, 11) is 0. The van der Waals surface area contributed by atoms with Gasteiger partial charge in [-0.2, -0.15) is 5.10 Å². The average Bonchev–Trinajstić information content (AvgIpc) is 2.83. The largest absolute Gasteiger partial charge is 0.545 e. The number of carboxylic acid groups (broad SMARTS) is 1. The predicted molar refractivity (Wildman–Crippen MR) is 67.5 cm³/mol. The molecule has 19 heavy (non-hydrogen) atoms. The van der Waals surface area contributed by atoms with E-state index in [1.165, 1.54) is 10.7 Å². The Bertz CT molecular complexity index is 760. The smallest absolute Gasteiger partial charge is 0.164 e. The van der Waals surface area contributed by atoms with Crippen molar-refractivity contribution in [3.05, 3.63) is 53.9 Å². The quantitative estimate of drug-likeness (QED) is 0.684. The highest BCUT2D eigenvalue weighted by Gasteiger charge is 2.10. The van der Waals surface area contributed by atoms with E-state index in [1.54, 1.807) is 12.3 Å². The van der Waals surface area contributed by atoms with Crippen molar-refractivity contribution in [1.29, 1.82) is 0 Å². The van der Waals surface area contributed by atoms with Gasteiger partial charge in [-0.25, -0.2) is 9.50 Å². The second-order valence-electron chi connectivity index (χ2n) is 4.28. The molecule has 0 amide bonds. The number of benzene rings is 1. The van der Waals surface area contributed by atoms with E-state index in [0.717, 1.165) is 16.8 Å². The highest BCUT2D eigenvalue weighted by molar-refractivity contribution is 5.93. The van der Waals surface area contributed by atoms with Crippen molar-refractivity contribution in [2.75, 3.05) is 0 Å². The molecule has 0 N–H and O–H groups in total. The maximum absolute atomic E-state index is 11.0. The van der Waals surface area contributed by atoms with Gasteiger partial charge in [-0.05, 0) is 13.0 Å². The van der Waals surface area contributed by atoms with Gasteiger partial charge in [-0.15, -0.1) is 0 Å². The van der Waals surface area contributed by atoms with Gasteiger partial charge in [0.15, 0.2) is 5.65 Å². The van der Waals surface area contributed by atoms with E-state index < -0.39 is 5.97 Å². The second-order valence-corrected chi connectivity index (χ2v) is 4.28. The molecular formula is C14H10N3O2-. The molecule has 3 aromatic rings. The zero-order valence-electron chi connectivity index (χ0n) is 10.2. The standard InChI is InChI=1S/C14H11N3O2/c1-9-2-4-10(5-3-9)12-6-7-15-13-11(14(18)19)8-16-17(12)13/h2-8H,1H3,(H,18,19)/p-1. The maximum atomic E-state index is 11.0. The van der Waals surface area contributed by atoms with Gasteiger partial charge in [0, 0.05) is 11.8 Å². The normalized spacial score (nSPS) is 10.8. The molecular weight excluding hydrogens is 242 g/mol. The fourth-order valence-electron chi connectivity index (χ4n) is 1.98. The molecule has 0 aliphatic rings. The van der Waals surface area contributed by atoms with Crippen molar-refractivity contribution in [3.8, 4) is 11.3 Å². The molecule has 1 aromatic carbocycles. The van der Waals surface area contributed by atoms with Gasteiger partial charge in [0.1, 0.15) is 0 Å². The molecule has 5 heteroatoms. The average molecular weight is 252 g/mol. The number of aromatic carboxylic acids is 1. The third kappa shape index (κ3) is 1.85. The monoisotopic (exact) mass is 252 g/mol. The van der Waals surface area contributed by atoms with Gasteiger partial charge in [-0.1, -0.05) is 29.8 Å². The van der Waals surface area contributed by atoms with Crippen LogP contribution in [-0.4, -0.2) is 20.6 Å². The minimum atomic E-state index is -1.27. The van der Waals surface area contributed by atoms with Crippen LogP contribution in [0.1, 0.15) is 15.9 Å². The first-order valence-electron chi connectivity index (χ1n) is 5.78. The molecule has 2 aromatic heterocycles. The fraction of sp³-hybridized carbons (Fsp3) is 0.0714. The molecule has 0 atom stereocenters. The Labute approximate surface area is 109 Å². The zero-order chi connectivity index (χ0) is 13.4. The Morgan fingerprint density at radius 2 is 1.95 bits per heavy atom. The summed E-state index contributed by atoms with van der Waals surface area (Å²) >= 11 is 0. The third-order valence-corrected chi connectivity index (χ3v) is 2.97. The first kappa shape index (κ1) is 11.4. The number of hydrogen-bond donors (Lipinski definition) is 0. The predicted octanol–water partition coefficient (Wildman–Crippen LogP) is 1.07. The summed E-state index contributed by atoms with van der Waals surface area (Å²) in [5, 5.41) is 15.0. The van der Waals surface area contributed by atoms with Gasteiger partial charge in [0.2, 0.25) is 0 Å². The van der Waals surface area contributed by atoms with E-state index in [9.17, 15) is 9.90 Å². The van der Waals surface area contributed by atoms with E-state index in [4.69, 9.17) is 0 Å². The van der Waals surface area contributed by atoms with Crippen LogP contribution < -0.4 is 5.11 Å². The number of aryl methyl sites for hydroxylation is 1. The Morgan fingerprint density at radius 1 is 1.21 bits per heavy atom. The lowest BCUT2D eigenvalue weighted by Crippen LogP contribution is -2.22. The molecule has 94 valence electrons. The van der Waals surface area contributed by atoms with Crippen LogP contribution in [0.25, 0.3) is 16.9 Å². The van der Waals surface area contributed by atoms with Crippen LogP contribution >= 0.6 is 0 Å². The maximum Gasteiger partial charge on any atom is 0.164 e. The zero-order valence-corrected chi connectivity index (χ0v) is 10.2. The highest BCUT2D eigenvalue weighted by atomic mass is 16.4. The SMILES string of the molecule is Cc1ccc(-c2ccnc3c(C(=O)[O-])cnn23)cc1. The summed E-state index contributed by atoms with van der Waals surface area (Å²) in [4.78, 5) is 15.0. The number of carbonyl (C=O) groups is 1. The van der Waals surface area contributed by atoms with E-state index in [2.05, 4.69) is 10.1 Å². The molecule has 0 unspecified atom stereocenters. The van der Waals surface area contributed by atoms with Crippen LogP contribution in [0.15, 0.2) is 42.7 Å². The highest BCUT2D eigenvalue weighted by Crippen LogP contribution is 2.21. The first-order chi connectivity index (χ1) is 9.16. The Morgan fingerprint density at radius 3 is 2.63 bits per heavy atom. The topological polar surface area (TPSA) is 70.3 Å². The van der Waals surface area contributed by atoms with Crippen molar-refractivity contribution < 1.29 is 9.90 Å². The van der Waals surface area contributed by atoms with Crippen molar-refractivity contribution in [3.63, 3.8) is 0 Å². The molecule has 0 radical (unpaired) electrons. The van der Waals surface area contributed by atoms with Crippen molar-refractivity contribution in [2.24, 2.45) is 0 Å². The molecule has 5 nitrogen and oxygen atoms in total. The summed E-state index contributed by atoms with van der Waals surface area (Å²) in [6, 6.07) is 9.70. The number of hydrogen-bond acceptors (Lipinski definition) is 4. The van der Waals surface area contributed by atoms with Gasteiger partial charge in [0.25, 0.3) is 0 Å². The van der Waals surface area contributed by atoms with Crippen molar-refractivity contribution >= 4 is 11.6 Å². The second kappa shape index (κ2) is 4.20. The van der Waals surface area contributed by atoms with Crippen LogP contribution in [0, 0.1) is 6.92 Å². The molecule has 0 bridgehead atoms. The van der Waals surface area contributed by atoms with Crippen LogP contribution in [0.4, 0.5) is 0 Å². The minimum absolute atomic E-state index is 0.00559. The molecule has 3 rings (SSSR count). The van der Waals surface area contributed by atoms with Crippen LogP contribution in [0.2, 0.25) is 0 Å². The molecule has 2 heterocycles. The van der Waals surface area contributed by atoms with E-state index in [-0.39, 0.29) is 11.2 Å². The van der Waals surface area contributed by atoms with Crippen LogP contribution in [0.3, 0.4) is 0 Å². The Balaban J connectivity index is 2.25. The molecule has 0 fully saturated rings. The lowest BCUT2D eigenvalue weighted by Gasteiger charge is -2.05. The van der Waals surface area contributed by atoms with Crippen LogP contribution in [0.5, 0.6) is 0 Å². The van der Waals surface area contributed by atoms with Gasteiger partial charge >= 0.3 is 0 Å². The molecule has 0 saturated carbocycles. The molecule has 0 aliphatic heterocycles. The van der Waals surface area contributed by atoms with E-state index >= 15 is 0 Å². The molecule has 0 saturated heterocycles. The van der Waals surface area contributed by atoms with Crippen molar-refractivity contribution in [1.82, 2.24) is 14.6 Å². The Hall–Kier alpha value is -2.69. The van der Waals surface area contributed by atoms with Crippen molar-refractivity contribution in [2.45, 2.75) is 6.92 Å². The number of fused-ring (bicyclic) bond motifs is 1. The number of rotatable bonds is 2. The lowest BCUT2D eigenvalue weighted by molar-refractivity contribution is -0.254. The summed E-state index contributed by atoms with van der Waals surface area (Å²) in [5.74, 6) is -1.27. The van der Waals surface area contributed by atoms with E-state index in [1.807, 2.05) is 31.2 Å². The summed E-state index contributed by atoms with van der Waals surface area (Å²) in [5.41, 5.74) is 3.18. The van der Waals surface area contributed by atoms with Crippen LogP contribution in [-0.2, 0) is 0 Å². The lowest BCUT2D eigenvalue weighted by atomic mass is 10.1. The minimum Gasteiger partial charge on any atom is -0.545 e. The number of carboxylic acids is 1. The summed E-state index contributed by atoms with van der Waals surface area (Å²) in [6.07, 6.45) is 2.83. The summed E-state index contributed by atoms with van der Waals surface area (Å²) < 4.78 is 1.51.